The number of hydrogen-bond donors (Lipinski definition) is 1. The van der Waals surface area contributed by atoms with E-state index < -0.39 is 10.0 Å². The first-order valence-electron chi connectivity index (χ1n) is 6.59. The molecule has 0 spiro atoms. The minimum absolute atomic E-state index is 0.0208. The smallest absolute Gasteiger partial charge is 0.235 e. The predicted octanol–water partition coefficient (Wildman–Crippen LogP) is 2.61. The molecule has 7 heteroatoms. The van der Waals surface area contributed by atoms with Crippen molar-refractivity contribution in [3.63, 3.8) is 0 Å². The van der Waals surface area contributed by atoms with Crippen LogP contribution in [0, 0.1) is 0 Å². The van der Waals surface area contributed by atoms with Crippen LogP contribution in [0.15, 0.2) is 24.4 Å². The summed E-state index contributed by atoms with van der Waals surface area (Å²) in [5, 5.41) is 0.948. The highest BCUT2D eigenvalue weighted by Crippen LogP contribution is 2.23. The van der Waals surface area contributed by atoms with Crippen molar-refractivity contribution < 1.29 is 13.2 Å². The fourth-order valence-corrected chi connectivity index (χ4v) is 4.29. The highest BCUT2D eigenvalue weighted by Gasteiger charge is 2.22. The molecule has 1 aromatic carbocycles. The predicted molar refractivity (Wildman–Crippen MR) is 80.6 cm³/mol. The van der Waals surface area contributed by atoms with Crippen LogP contribution in [0.4, 0.5) is 5.69 Å². The van der Waals surface area contributed by atoms with Crippen LogP contribution >= 0.6 is 11.5 Å². The molecule has 1 N–H and O–H groups in total. The van der Waals surface area contributed by atoms with E-state index in [0.29, 0.717) is 12.3 Å². The number of sulfonamides is 1. The zero-order valence-electron chi connectivity index (χ0n) is 10.9. The fourth-order valence-electron chi connectivity index (χ4n) is 2.34. The fraction of sp³-hybridized carbons (Fsp3) is 0.462. The van der Waals surface area contributed by atoms with Gasteiger partial charge < -0.3 is 4.74 Å². The molecule has 5 nitrogen and oxygen atoms in total. The molecule has 1 aliphatic heterocycles. The molecule has 1 atom stereocenters. The maximum atomic E-state index is 12.1. The van der Waals surface area contributed by atoms with E-state index in [2.05, 4.69) is 9.10 Å². The SMILES string of the molecule is O=S(=O)(CC1CCCCO1)Nc1ccc2sncc2c1. The van der Waals surface area contributed by atoms with Crippen LogP contribution in [0.3, 0.4) is 0 Å². The largest absolute Gasteiger partial charge is 0.377 e. The van der Waals surface area contributed by atoms with E-state index in [9.17, 15) is 8.42 Å². The molecule has 1 aromatic heterocycles. The van der Waals surface area contributed by atoms with Gasteiger partial charge in [0, 0.05) is 23.9 Å². The van der Waals surface area contributed by atoms with Crippen molar-refractivity contribution in [1.29, 1.82) is 0 Å². The monoisotopic (exact) mass is 312 g/mol. The minimum atomic E-state index is -3.38. The van der Waals surface area contributed by atoms with Crippen molar-refractivity contribution in [3.05, 3.63) is 24.4 Å². The summed E-state index contributed by atoms with van der Waals surface area (Å²) in [6.07, 6.45) is 4.42. The summed E-state index contributed by atoms with van der Waals surface area (Å²) in [7, 11) is -3.38. The lowest BCUT2D eigenvalue weighted by atomic mass is 10.1. The van der Waals surface area contributed by atoms with Crippen LogP contribution in [-0.4, -0.2) is 31.3 Å². The molecule has 108 valence electrons. The van der Waals surface area contributed by atoms with Crippen molar-refractivity contribution in [1.82, 2.24) is 4.37 Å². The zero-order valence-corrected chi connectivity index (χ0v) is 12.5. The number of rotatable bonds is 4. The maximum absolute atomic E-state index is 12.1. The Labute approximate surface area is 122 Å². The molecular formula is C13H16N2O3S2. The van der Waals surface area contributed by atoms with Gasteiger partial charge in [-0.3, -0.25) is 4.72 Å². The molecular weight excluding hydrogens is 296 g/mol. The van der Waals surface area contributed by atoms with E-state index in [1.807, 2.05) is 6.07 Å². The molecule has 0 radical (unpaired) electrons. The Bertz CT molecular complexity index is 690. The second-order valence-corrected chi connectivity index (χ2v) is 7.55. The number of fused-ring (bicyclic) bond motifs is 1. The van der Waals surface area contributed by atoms with E-state index in [1.165, 1.54) is 11.5 Å². The Morgan fingerprint density at radius 2 is 2.30 bits per heavy atom. The van der Waals surface area contributed by atoms with Gasteiger partial charge in [-0.1, -0.05) is 0 Å². The van der Waals surface area contributed by atoms with Crippen molar-refractivity contribution >= 4 is 37.3 Å². The summed E-state index contributed by atoms with van der Waals surface area (Å²) < 4.78 is 37.5. The Balaban J connectivity index is 1.71. The van der Waals surface area contributed by atoms with Crippen LogP contribution in [0.5, 0.6) is 0 Å². The summed E-state index contributed by atoms with van der Waals surface area (Å²) in [6, 6.07) is 5.44. The van der Waals surface area contributed by atoms with Crippen LogP contribution < -0.4 is 4.72 Å². The van der Waals surface area contributed by atoms with Gasteiger partial charge in [-0.15, -0.1) is 0 Å². The molecule has 0 bridgehead atoms. The normalized spacial score (nSPS) is 20.1. The summed E-state index contributed by atoms with van der Waals surface area (Å²) in [5.41, 5.74) is 0.577. The summed E-state index contributed by atoms with van der Waals surface area (Å²) in [5.74, 6) is 0.0208. The van der Waals surface area contributed by atoms with Crippen LogP contribution in [0.1, 0.15) is 19.3 Å². The molecule has 1 fully saturated rings. The first-order valence-corrected chi connectivity index (χ1v) is 9.01. The third-order valence-electron chi connectivity index (χ3n) is 3.31. The van der Waals surface area contributed by atoms with Gasteiger partial charge in [0.05, 0.1) is 16.6 Å². The minimum Gasteiger partial charge on any atom is -0.377 e. The number of nitrogens with one attached hydrogen (secondary N) is 1. The van der Waals surface area contributed by atoms with Gasteiger partial charge in [0.25, 0.3) is 0 Å². The first-order chi connectivity index (χ1) is 9.62. The number of benzene rings is 1. The van der Waals surface area contributed by atoms with Gasteiger partial charge in [0.1, 0.15) is 0 Å². The van der Waals surface area contributed by atoms with Crippen molar-refractivity contribution in [2.24, 2.45) is 0 Å². The molecule has 0 aliphatic carbocycles. The number of anilines is 1. The second kappa shape index (κ2) is 5.67. The van der Waals surface area contributed by atoms with Crippen LogP contribution in [0.25, 0.3) is 10.1 Å². The highest BCUT2D eigenvalue weighted by molar-refractivity contribution is 7.92. The van der Waals surface area contributed by atoms with Gasteiger partial charge in [-0.05, 0) is 49.0 Å². The Morgan fingerprint density at radius 3 is 3.10 bits per heavy atom. The first kappa shape index (κ1) is 13.8. The molecule has 0 saturated carbocycles. The average molecular weight is 312 g/mol. The molecule has 1 saturated heterocycles. The number of aromatic nitrogens is 1. The Kier molecular flexibility index (Phi) is 3.91. The van der Waals surface area contributed by atoms with Crippen molar-refractivity contribution in [2.45, 2.75) is 25.4 Å². The van der Waals surface area contributed by atoms with Crippen LogP contribution in [-0.2, 0) is 14.8 Å². The van der Waals surface area contributed by atoms with Crippen molar-refractivity contribution in [3.8, 4) is 0 Å². The topological polar surface area (TPSA) is 68.3 Å². The molecule has 0 amide bonds. The number of hydrogen-bond acceptors (Lipinski definition) is 5. The summed E-state index contributed by atoms with van der Waals surface area (Å²) in [6.45, 7) is 0.659. The van der Waals surface area contributed by atoms with E-state index >= 15 is 0 Å². The van der Waals surface area contributed by atoms with Crippen LogP contribution in [0.2, 0.25) is 0 Å². The molecule has 3 rings (SSSR count). The molecule has 1 unspecified atom stereocenters. The van der Waals surface area contributed by atoms with Gasteiger partial charge in [-0.25, -0.2) is 8.42 Å². The zero-order chi connectivity index (χ0) is 14.0. The lowest BCUT2D eigenvalue weighted by Crippen LogP contribution is -2.30. The lowest BCUT2D eigenvalue weighted by molar-refractivity contribution is 0.0306. The third kappa shape index (κ3) is 3.28. The van der Waals surface area contributed by atoms with Gasteiger partial charge in [-0.2, -0.15) is 4.37 Å². The summed E-state index contributed by atoms with van der Waals surface area (Å²) >= 11 is 1.40. The second-order valence-electron chi connectivity index (χ2n) is 4.95. The number of ether oxygens (including phenoxy) is 1. The average Bonchev–Trinajstić information content (AvgIpc) is 2.86. The van der Waals surface area contributed by atoms with E-state index in [4.69, 9.17) is 4.74 Å². The van der Waals surface area contributed by atoms with Gasteiger partial charge >= 0.3 is 0 Å². The molecule has 2 aromatic rings. The van der Waals surface area contributed by atoms with Gasteiger partial charge in [0.2, 0.25) is 10.0 Å². The van der Waals surface area contributed by atoms with E-state index in [1.54, 1.807) is 18.3 Å². The Hall–Kier alpha value is -1.18. The Morgan fingerprint density at radius 1 is 1.40 bits per heavy atom. The molecule has 2 heterocycles. The lowest BCUT2D eigenvalue weighted by Gasteiger charge is -2.22. The quantitative estimate of drug-likeness (QED) is 0.942. The highest BCUT2D eigenvalue weighted by atomic mass is 32.2. The molecule has 20 heavy (non-hydrogen) atoms. The maximum Gasteiger partial charge on any atom is 0.235 e. The standard InChI is InChI=1S/C13H16N2O3S2/c16-20(17,9-12-3-1-2-6-18-12)15-11-4-5-13-10(7-11)8-14-19-13/h4-5,7-8,12,15H,1-3,6,9H2. The van der Waals surface area contributed by atoms with Gasteiger partial charge in [0.15, 0.2) is 0 Å². The van der Waals surface area contributed by atoms with E-state index in [0.717, 1.165) is 29.3 Å². The van der Waals surface area contributed by atoms with E-state index in [-0.39, 0.29) is 11.9 Å². The third-order valence-corrected chi connectivity index (χ3v) is 5.44. The van der Waals surface area contributed by atoms with Crippen molar-refractivity contribution in [2.75, 3.05) is 17.1 Å². The number of nitrogens with zero attached hydrogens (tertiary/aromatic N) is 1. The molecule has 1 aliphatic rings. The summed E-state index contributed by atoms with van der Waals surface area (Å²) in [4.78, 5) is 0.